The van der Waals surface area contributed by atoms with Gasteiger partial charge in [0.05, 0.1) is 4.90 Å². The number of nitrogens with one attached hydrogen (secondary N) is 2. The number of anilines is 1. The maximum atomic E-state index is 13.8. The Morgan fingerprint density at radius 1 is 1.11 bits per heavy atom. The molecule has 1 aliphatic heterocycles. The van der Waals surface area contributed by atoms with Gasteiger partial charge in [-0.3, -0.25) is 14.4 Å². The Kier molecular flexibility index (Phi) is 7.13. The van der Waals surface area contributed by atoms with E-state index in [1.165, 1.54) is 25.2 Å². The number of nitrogens with zero attached hydrogens (tertiary/aromatic N) is 2. The Bertz CT molecular complexity index is 1430. The molecule has 0 bridgehead atoms. The zero-order chi connectivity index (χ0) is 27.1. The van der Waals surface area contributed by atoms with Crippen molar-refractivity contribution >= 4 is 21.7 Å². The van der Waals surface area contributed by atoms with Crippen molar-refractivity contribution in [2.75, 3.05) is 18.3 Å². The molecule has 0 saturated heterocycles. The van der Waals surface area contributed by atoms with Crippen LogP contribution in [-0.4, -0.2) is 38.0 Å². The van der Waals surface area contributed by atoms with Gasteiger partial charge < -0.3 is 9.84 Å². The van der Waals surface area contributed by atoms with Gasteiger partial charge in [-0.15, -0.1) is 0 Å². The molecule has 2 aromatic carbocycles. The normalized spacial score (nSPS) is 15.2. The minimum absolute atomic E-state index is 0.000665. The molecular weight excluding hydrogens is 502 g/mol. The van der Waals surface area contributed by atoms with Crippen LogP contribution in [0.1, 0.15) is 66.5 Å². The summed E-state index contributed by atoms with van der Waals surface area (Å²) in [5.41, 5.74) is 1.73. The zero-order valence-corrected chi connectivity index (χ0v) is 22.2. The van der Waals surface area contributed by atoms with E-state index in [1.54, 1.807) is 12.1 Å². The van der Waals surface area contributed by atoms with Crippen molar-refractivity contribution in [3.8, 4) is 0 Å². The number of halogens is 2. The Morgan fingerprint density at radius 3 is 2.41 bits per heavy atom. The summed E-state index contributed by atoms with van der Waals surface area (Å²) in [4.78, 5) is 14.6. The highest BCUT2D eigenvalue weighted by Crippen LogP contribution is 2.33. The molecular formula is C26H30F2N4O4S. The van der Waals surface area contributed by atoms with Crippen LogP contribution < -0.4 is 10.0 Å². The van der Waals surface area contributed by atoms with Gasteiger partial charge in [-0.25, -0.2) is 17.2 Å². The highest BCUT2D eigenvalue weighted by atomic mass is 32.2. The smallest absolute Gasteiger partial charge is 0.263 e. The first-order valence-corrected chi connectivity index (χ1v) is 13.4. The minimum Gasteiger partial charge on any atom is -0.358 e. The van der Waals surface area contributed by atoms with Crippen LogP contribution in [0.3, 0.4) is 0 Å². The third kappa shape index (κ3) is 5.52. The highest BCUT2D eigenvalue weighted by molar-refractivity contribution is 7.92. The number of aromatic nitrogens is 1. The Labute approximate surface area is 215 Å². The summed E-state index contributed by atoms with van der Waals surface area (Å²) in [6.07, 6.45) is 0.657. The zero-order valence-electron chi connectivity index (χ0n) is 21.4. The number of rotatable bonds is 6. The van der Waals surface area contributed by atoms with Crippen LogP contribution in [0.25, 0.3) is 0 Å². The molecule has 1 amide bonds. The lowest BCUT2D eigenvalue weighted by Gasteiger charge is -2.34. The van der Waals surface area contributed by atoms with E-state index in [2.05, 4.69) is 15.2 Å². The van der Waals surface area contributed by atoms with E-state index in [1.807, 2.05) is 32.6 Å². The quantitative estimate of drug-likeness (QED) is 0.484. The first kappa shape index (κ1) is 26.7. The van der Waals surface area contributed by atoms with Crippen LogP contribution in [0.5, 0.6) is 0 Å². The number of carbonyl (C=O) groups is 1. The van der Waals surface area contributed by atoms with Gasteiger partial charge in [0.25, 0.3) is 15.9 Å². The van der Waals surface area contributed by atoms with Gasteiger partial charge in [-0.1, -0.05) is 32.0 Å². The monoisotopic (exact) mass is 532 g/mol. The third-order valence-electron chi connectivity index (χ3n) is 6.50. The van der Waals surface area contributed by atoms with E-state index in [-0.39, 0.29) is 28.1 Å². The summed E-state index contributed by atoms with van der Waals surface area (Å²) >= 11 is 0. The van der Waals surface area contributed by atoms with Gasteiger partial charge >= 0.3 is 0 Å². The number of sulfonamides is 1. The SMILES string of the molecule is CNC(=O)c1c(NS(=O)(=O)c2ccc3c(c2)CN([C@H](C)c2cc(F)cc(F)c2)CC3)noc1C(C)(C)C. The second-order valence-electron chi connectivity index (χ2n) is 10.2. The van der Waals surface area contributed by atoms with Crippen LogP contribution in [0.2, 0.25) is 0 Å². The molecule has 0 unspecified atom stereocenters. The molecule has 11 heteroatoms. The fourth-order valence-electron chi connectivity index (χ4n) is 4.47. The van der Waals surface area contributed by atoms with Crippen molar-refractivity contribution in [2.45, 2.75) is 57.0 Å². The summed E-state index contributed by atoms with van der Waals surface area (Å²) in [7, 11) is -2.68. The molecule has 0 spiro atoms. The average molecular weight is 533 g/mol. The predicted molar refractivity (Wildman–Crippen MR) is 135 cm³/mol. The van der Waals surface area contributed by atoms with Crippen LogP contribution in [-0.2, 0) is 28.4 Å². The maximum Gasteiger partial charge on any atom is 0.263 e. The summed E-state index contributed by atoms with van der Waals surface area (Å²) in [6.45, 7) is 8.39. The third-order valence-corrected chi connectivity index (χ3v) is 7.84. The molecule has 4 rings (SSSR count). The van der Waals surface area contributed by atoms with Gasteiger partial charge in [0.15, 0.2) is 11.6 Å². The number of fused-ring (bicyclic) bond motifs is 1. The second kappa shape index (κ2) is 9.86. The first-order chi connectivity index (χ1) is 17.3. The Hall–Kier alpha value is -3.31. The lowest BCUT2D eigenvalue weighted by atomic mass is 9.90. The summed E-state index contributed by atoms with van der Waals surface area (Å²) < 4.78 is 61.9. The lowest BCUT2D eigenvalue weighted by Crippen LogP contribution is -2.33. The molecule has 3 aromatic rings. The Morgan fingerprint density at radius 2 is 1.78 bits per heavy atom. The van der Waals surface area contributed by atoms with E-state index in [0.29, 0.717) is 25.1 Å². The van der Waals surface area contributed by atoms with E-state index in [9.17, 15) is 22.0 Å². The lowest BCUT2D eigenvalue weighted by molar-refractivity contribution is 0.0959. The molecule has 0 fully saturated rings. The number of hydrogen-bond donors (Lipinski definition) is 2. The predicted octanol–water partition coefficient (Wildman–Crippen LogP) is 4.53. The molecule has 198 valence electrons. The van der Waals surface area contributed by atoms with E-state index in [4.69, 9.17) is 4.52 Å². The van der Waals surface area contributed by atoms with Crippen LogP contribution in [0.15, 0.2) is 45.8 Å². The van der Waals surface area contributed by atoms with Crippen molar-refractivity contribution in [3.63, 3.8) is 0 Å². The van der Waals surface area contributed by atoms with Gasteiger partial charge in [0, 0.05) is 37.7 Å². The molecule has 2 heterocycles. The molecule has 8 nitrogen and oxygen atoms in total. The fourth-order valence-corrected chi connectivity index (χ4v) is 5.53. The van der Waals surface area contributed by atoms with Crippen molar-refractivity contribution in [3.05, 3.63) is 76.0 Å². The summed E-state index contributed by atoms with van der Waals surface area (Å²) in [5, 5.41) is 6.33. The minimum atomic E-state index is -4.11. The number of hydrogen-bond acceptors (Lipinski definition) is 6. The van der Waals surface area contributed by atoms with Gasteiger partial charge in [0.2, 0.25) is 0 Å². The van der Waals surface area contributed by atoms with E-state index < -0.39 is 33.0 Å². The molecule has 1 atom stereocenters. The largest absolute Gasteiger partial charge is 0.358 e. The number of carbonyl (C=O) groups excluding carboxylic acids is 1. The van der Waals surface area contributed by atoms with Gasteiger partial charge in [-0.2, -0.15) is 0 Å². The molecule has 0 aliphatic carbocycles. The van der Waals surface area contributed by atoms with Gasteiger partial charge in [0.1, 0.15) is 17.2 Å². The van der Waals surface area contributed by atoms with Crippen molar-refractivity contribution in [1.29, 1.82) is 0 Å². The topological polar surface area (TPSA) is 105 Å². The second-order valence-corrected chi connectivity index (χ2v) is 11.9. The standard InChI is InChI=1S/C26H30F2N4O4S/c1-15(17-10-19(27)13-20(28)11-17)32-9-8-16-6-7-21(12-18(16)14-32)37(34,35)31-24-22(25(33)29-5)23(36-30-24)26(2,3)4/h6-7,10-13,15H,8-9,14H2,1-5H3,(H,29,33)(H,30,31)/t15-/m1/s1. The molecule has 1 aliphatic rings. The highest BCUT2D eigenvalue weighted by Gasteiger charge is 2.33. The van der Waals surface area contributed by atoms with Crippen molar-refractivity contribution in [1.82, 2.24) is 15.4 Å². The van der Waals surface area contributed by atoms with E-state index >= 15 is 0 Å². The van der Waals surface area contributed by atoms with E-state index in [0.717, 1.165) is 17.2 Å². The van der Waals surface area contributed by atoms with Crippen LogP contribution in [0.4, 0.5) is 14.6 Å². The fraction of sp³-hybridized carbons (Fsp3) is 0.385. The number of amides is 1. The molecule has 0 radical (unpaired) electrons. The first-order valence-electron chi connectivity index (χ1n) is 11.9. The van der Waals surface area contributed by atoms with Crippen molar-refractivity contribution < 1.29 is 26.5 Å². The van der Waals surface area contributed by atoms with Crippen LogP contribution >= 0.6 is 0 Å². The molecule has 2 N–H and O–H groups in total. The maximum absolute atomic E-state index is 13.8. The molecule has 0 saturated carbocycles. The van der Waals surface area contributed by atoms with Crippen molar-refractivity contribution in [2.24, 2.45) is 0 Å². The van der Waals surface area contributed by atoms with Gasteiger partial charge in [-0.05, 0) is 54.3 Å². The number of benzene rings is 2. The summed E-state index contributed by atoms with van der Waals surface area (Å²) in [6, 6.07) is 8.01. The van der Waals surface area contributed by atoms with Crippen LogP contribution in [0, 0.1) is 11.6 Å². The Balaban J connectivity index is 1.61. The molecule has 37 heavy (non-hydrogen) atoms. The molecule has 1 aromatic heterocycles. The summed E-state index contributed by atoms with van der Waals surface area (Å²) in [5.74, 6) is -1.74. The average Bonchev–Trinajstić information content (AvgIpc) is 3.25.